The molecule has 0 bridgehead atoms. The fourth-order valence-corrected chi connectivity index (χ4v) is 2.20. The molecule has 0 aliphatic heterocycles. The second-order valence-corrected chi connectivity index (χ2v) is 5.54. The highest BCUT2D eigenvalue weighted by Gasteiger charge is 2.02. The molecule has 0 saturated carbocycles. The molecule has 0 fully saturated rings. The van der Waals surface area contributed by atoms with Crippen LogP contribution in [0.1, 0.15) is 17.7 Å². The molecule has 1 aromatic heterocycles. The molecule has 1 aromatic carbocycles. The summed E-state index contributed by atoms with van der Waals surface area (Å²) in [7, 11) is 0. The standard InChI is InChI=1S/C17H17Cl2NO3/c18-15-6-1-4-13(17(15)19)7-8-16(21)20-9-3-10-22-12-14-5-2-11-23-14/h1-2,4-8,11H,3,9-10,12H2,(H,20,21)/b8-7+. The van der Waals surface area contributed by atoms with Crippen molar-refractivity contribution in [2.24, 2.45) is 0 Å². The van der Waals surface area contributed by atoms with E-state index in [-0.39, 0.29) is 5.91 Å². The first-order chi connectivity index (χ1) is 11.2. The average molecular weight is 354 g/mol. The molecule has 0 spiro atoms. The van der Waals surface area contributed by atoms with Crippen molar-refractivity contribution in [3.05, 3.63) is 64.0 Å². The van der Waals surface area contributed by atoms with E-state index >= 15 is 0 Å². The lowest BCUT2D eigenvalue weighted by molar-refractivity contribution is -0.116. The van der Waals surface area contributed by atoms with Crippen LogP contribution in [0.2, 0.25) is 10.0 Å². The molecule has 0 aliphatic carbocycles. The van der Waals surface area contributed by atoms with Crippen LogP contribution in [0.5, 0.6) is 0 Å². The molecule has 2 rings (SSSR count). The first-order valence-electron chi connectivity index (χ1n) is 7.17. The van der Waals surface area contributed by atoms with Crippen molar-refractivity contribution < 1.29 is 13.9 Å². The van der Waals surface area contributed by atoms with Crippen molar-refractivity contribution >= 4 is 35.2 Å². The van der Waals surface area contributed by atoms with E-state index in [1.54, 1.807) is 30.5 Å². The Hall–Kier alpha value is -1.75. The van der Waals surface area contributed by atoms with Gasteiger partial charge in [0.25, 0.3) is 0 Å². The predicted octanol–water partition coefficient (Wildman–Crippen LogP) is 4.32. The number of hydrogen-bond donors (Lipinski definition) is 1. The molecule has 0 saturated heterocycles. The number of benzene rings is 1. The zero-order valence-electron chi connectivity index (χ0n) is 12.4. The van der Waals surface area contributed by atoms with Crippen LogP contribution in [0.25, 0.3) is 6.08 Å². The van der Waals surface area contributed by atoms with Crippen LogP contribution in [0, 0.1) is 0 Å². The highest BCUT2D eigenvalue weighted by atomic mass is 35.5. The quantitative estimate of drug-likeness (QED) is 0.567. The number of ether oxygens (including phenoxy) is 1. The second-order valence-electron chi connectivity index (χ2n) is 4.75. The van der Waals surface area contributed by atoms with Crippen LogP contribution in [0.4, 0.5) is 0 Å². The smallest absolute Gasteiger partial charge is 0.244 e. The predicted molar refractivity (Wildman–Crippen MR) is 91.5 cm³/mol. The lowest BCUT2D eigenvalue weighted by Gasteiger charge is -2.04. The topological polar surface area (TPSA) is 51.5 Å². The van der Waals surface area contributed by atoms with E-state index in [0.717, 1.165) is 12.2 Å². The van der Waals surface area contributed by atoms with Crippen LogP contribution < -0.4 is 5.32 Å². The SMILES string of the molecule is O=C(/C=C/c1cccc(Cl)c1Cl)NCCCOCc1ccco1. The molecule has 1 heterocycles. The van der Waals surface area contributed by atoms with Gasteiger partial charge in [-0.05, 0) is 36.3 Å². The van der Waals surface area contributed by atoms with Gasteiger partial charge in [0.2, 0.25) is 5.91 Å². The van der Waals surface area contributed by atoms with E-state index in [1.807, 2.05) is 12.1 Å². The van der Waals surface area contributed by atoms with Crippen molar-refractivity contribution in [1.29, 1.82) is 0 Å². The lowest BCUT2D eigenvalue weighted by atomic mass is 10.2. The Morgan fingerprint density at radius 1 is 1.26 bits per heavy atom. The van der Waals surface area contributed by atoms with E-state index in [4.69, 9.17) is 32.4 Å². The average Bonchev–Trinajstić information content (AvgIpc) is 3.05. The molecule has 0 unspecified atom stereocenters. The fraction of sp³-hybridized carbons (Fsp3) is 0.235. The van der Waals surface area contributed by atoms with Gasteiger partial charge in [0.15, 0.2) is 0 Å². The number of halogens is 2. The normalized spacial score (nSPS) is 11.0. The molecule has 23 heavy (non-hydrogen) atoms. The number of furan rings is 1. The monoisotopic (exact) mass is 353 g/mol. The van der Waals surface area contributed by atoms with Crippen molar-refractivity contribution in [1.82, 2.24) is 5.32 Å². The van der Waals surface area contributed by atoms with Crippen molar-refractivity contribution in [3.63, 3.8) is 0 Å². The van der Waals surface area contributed by atoms with Gasteiger partial charge in [-0.1, -0.05) is 35.3 Å². The van der Waals surface area contributed by atoms with E-state index < -0.39 is 0 Å². The highest BCUT2D eigenvalue weighted by Crippen LogP contribution is 2.26. The largest absolute Gasteiger partial charge is 0.467 e. The maximum absolute atomic E-state index is 11.7. The maximum Gasteiger partial charge on any atom is 0.244 e. The highest BCUT2D eigenvalue weighted by molar-refractivity contribution is 6.42. The minimum Gasteiger partial charge on any atom is -0.467 e. The molecule has 0 radical (unpaired) electrons. The van der Waals surface area contributed by atoms with Gasteiger partial charge in [-0.15, -0.1) is 0 Å². The van der Waals surface area contributed by atoms with Crippen molar-refractivity contribution in [2.45, 2.75) is 13.0 Å². The first kappa shape index (κ1) is 17.6. The second kappa shape index (κ2) is 9.40. The fourth-order valence-electron chi connectivity index (χ4n) is 1.83. The number of nitrogens with one attached hydrogen (secondary N) is 1. The summed E-state index contributed by atoms with van der Waals surface area (Å²) in [5, 5.41) is 3.67. The zero-order chi connectivity index (χ0) is 16.5. The minimum absolute atomic E-state index is 0.188. The van der Waals surface area contributed by atoms with Crippen LogP contribution in [0.15, 0.2) is 47.1 Å². The number of rotatable bonds is 8. The van der Waals surface area contributed by atoms with Crippen molar-refractivity contribution in [2.75, 3.05) is 13.2 Å². The number of amides is 1. The molecule has 0 aliphatic rings. The number of carbonyl (C=O) groups is 1. The number of hydrogen-bond acceptors (Lipinski definition) is 3. The summed E-state index contributed by atoms with van der Waals surface area (Å²) in [6.45, 7) is 1.52. The summed E-state index contributed by atoms with van der Waals surface area (Å²) in [6, 6.07) is 8.94. The summed E-state index contributed by atoms with van der Waals surface area (Å²) >= 11 is 12.0. The van der Waals surface area contributed by atoms with E-state index in [9.17, 15) is 4.79 Å². The Bertz CT molecular complexity index is 654. The van der Waals surface area contributed by atoms with Crippen LogP contribution in [-0.4, -0.2) is 19.1 Å². The van der Waals surface area contributed by atoms with Gasteiger partial charge in [0.1, 0.15) is 12.4 Å². The summed E-state index contributed by atoms with van der Waals surface area (Å²) in [4.78, 5) is 11.7. The summed E-state index contributed by atoms with van der Waals surface area (Å²) in [5.41, 5.74) is 0.705. The molecule has 4 nitrogen and oxygen atoms in total. The van der Waals surface area contributed by atoms with Gasteiger partial charge in [-0.3, -0.25) is 4.79 Å². The minimum atomic E-state index is -0.188. The van der Waals surface area contributed by atoms with Gasteiger partial charge in [-0.2, -0.15) is 0 Å². The molecule has 2 aromatic rings. The molecule has 6 heteroatoms. The molecule has 122 valence electrons. The van der Waals surface area contributed by atoms with Gasteiger partial charge in [0.05, 0.1) is 16.3 Å². The third-order valence-corrected chi connectivity index (χ3v) is 3.82. The summed E-state index contributed by atoms with van der Waals surface area (Å²) in [5.74, 6) is 0.599. The molecular formula is C17H17Cl2NO3. The van der Waals surface area contributed by atoms with Crippen molar-refractivity contribution in [3.8, 4) is 0 Å². The maximum atomic E-state index is 11.7. The van der Waals surface area contributed by atoms with E-state index in [1.165, 1.54) is 6.08 Å². The third kappa shape index (κ3) is 6.10. The Kier molecular flexibility index (Phi) is 7.20. The summed E-state index contributed by atoms with van der Waals surface area (Å²) < 4.78 is 10.6. The zero-order valence-corrected chi connectivity index (χ0v) is 13.9. The van der Waals surface area contributed by atoms with Gasteiger partial charge < -0.3 is 14.5 Å². The van der Waals surface area contributed by atoms with Crippen LogP contribution in [-0.2, 0) is 16.1 Å². The lowest BCUT2D eigenvalue weighted by Crippen LogP contribution is -2.23. The van der Waals surface area contributed by atoms with Gasteiger partial charge in [-0.25, -0.2) is 0 Å². The summed E-state index contributed by atoms with van der Waals surface area (Å²) in [6.07, 6.45) is 5.40. The Balaban J connectivity index is 1.63. The van der Waals surface area contributed by atoms with Gasteiger partial charge in [0, 0.05) is 19.2 Å². The van der Waals surface area contributed by atoms with Gasteiger partial charge >= 0.3 is 0 Å². The van der Waals surface area contributed by atoms with E-state index in [2.05, 4.69) is 5.32 Å². The molecule has 0 atom stereocenters. The number of carbonyl (C=O) groups excluding carboxylic acids is 1. The Morgan fingerprint density at radius 3 is 2.91 bits per heavy atom. The molecule has 1 N–H and O–H groups in total. The van der Waals surface area contributed by atoms with Crippen LogP contribution >= 0.6 is 23.2 Å². The third-order valence-electron chi connectivity index (χ3n) is 2.98. The Morgan fingerprint density at radius 2 is 2.13 bits per heavy atom. The Labute approximate surface area is 145 Å². The first-order valence-corrected chi connectivity index (χ1v) is 7.92. The van der Waals surface area contributed by atoms with E-state index in [0.29, 0.717) is 35.4 Å². The molecular weight excluding hydrogens is 337 g/mol. The molecule has 1 amide bonds. The van der Waals surface area contributed by atoms with Crippen LogP contribution in [0.3, 0.4) is 0 Å².